The van der Waals surface area contributed by atoms with E-state index in [9.17, 15) is 0 Å². The highest BCUT2D eigenvalue weighted by Gasteiger charge is 2.16. The molecule has 0 aliphatic rings. The molecule has 0 radical (unpaired) electrons. The summed E-state index contributed by atoms with van der Waals surface area (Å²) in [6, 6.07) is 39.3. The summed E-state index contributed by atoms with van der Waals surface area (Å²) in [6.07, 6.45) is 3.76. The van der Waals surface area contributed by atoms with Crippen LogP contribution < -0.4 is 0 Å². The average molecular weight is 460 g/mol. The molecule has 0 unspecified atom stereocenters. The number of aromatic nitrogens is 3. The zero-order valence-corrected chi connectivity index (χ0v) is 19.4. The lowest BCUT2D eigenvalue weighted by Gasteiger charge is -2.10. The second kappa shape index (κ2) is 7.30. The molecule has 3 aromatic heterocycles. The molecule has 0 atom stereocenters. The largest absolute Gasteiger partial charge is 0.355 e. The van der Waals surface area contributed by atoms with Gasteiger partial charge in [-0.15, -0.1) is 0 Å². The van der Waals surface area contributed by atoms with Gasteiger partial charge in [-0.1, -0.05) is 66.7 Å². The molecule has 0 bridgehead atoms. The molecule has 36 heavy (non-hydrogen) atoms. The maximum atomic E-state index is 4.39. The van der Waals surface area contributed by atoms with Gasteiger partial charge in [0.1, 0.15) is 0 Å². The van der Waals surface area contributed by atoms with E-state index in [1.165, 1.54) is 65.5 Å². The fraction of sp³-hybridized carbons (Fsp3) is 0. The van der Waals surface area contributed by atoms with Crippen LogP contribution in [0.2, 0.25) is 0 Å². The summed E-state index contributed by atoms with van der Waals surface area (Å²) < 4.78 is 2.32. The van der Waals surface area contributed by atoms with Crippen LogP contribution in [-0.2, 0) is 0 Å². The summed E-state index contributed by atoms with van der Waals surface area (Å²) in [5, 5.41) is 7.58. The third-order valence-electron chi connectivity index (χ3n) is 7.42. The molecule has 0 saturated carbocycles. The van der Waals surface area contributed by atoms with Crippen molar-refractivity contribution >= 4 is 54.4 Å². The first kappa shape index (κ1) is 19.4. The average Bonchev–Trinajstić information content (AvgIpc) is 3.48. The molecule has 168 valence electrons. The van der Waals surface area contributed by atoms with Gasteiger partial charge in [0.05, 0.1) is 22.9 Å². The molecule has 0 fully saturated rings. The highest BCUT2D eigenvalue weighted by atomic mass is 15.0. The summed E-state index contributed by atoms with van der Waals surface area (Å²) in [7, 11) is 0. The first-order valence-corrected chi connectivity index (χ1v) is 12.2. The Bertz CT molecular complexity index is 2100. The number of fused-ring (bicyclic) bond motifs is 8. The Balaban J connectivity index is 1.45. The third-order valence-corrected chi connectivity index (χ3v) is 7.42. The minimum atomic E-state index is 1.07. The van der Waals surface area contributed by atoms with Crippen molar-refractivity contribution in [2.75, 3.05) is 0 Å². The summed E-state index contributed by atoms with van der Waals surface area (Å²) >= 11 is 0. The van der Waals surface area contributed by atoms with Gasteiger partial charge in [0.25, 0.3) is 0 Å². The molecular weight excluding hydrogens is 438 g/mol. The SMILES string of the molecule is c1cncc(-n2c3ccccc3c3c4cccc(-c5ccc6[nH]c7ccccc7c6c5)c4ccc32)c1. The fourth-order valence-corrected chi connectivity index (χ4v) is 5.86. The number of H-pyrrole nitrogens is 1. The number of nitrogens with zero attached hydrogens (tertiary/aromatic N) is 2. The van der Waals surface area contributed by atoms with E-state index in [1.54, 1.807) is 0 Å². The molecule has 3 heterocycles. The minimum Gasteiger partial charge on any atom is -0.355 e. The summed E-state index contributed by atoms with van der Waals surface area (Å²) in [6.45, 7) is 0. The van der Waals surface area contributed by atoms with Gasteiger partial charge in [0.2, 0.25) is 0 Å². The first-order valence-electron chi connectivity index (χ1n) is 12.2. The zero-order chi connectivity index (χ0) is 23.6. The number of hydrogen-bond acceptors (Lipinski definition) is 1. The smallest absolute Gasteiger partial charge is 0.0645 e. The van der Waals surface area contributed by atoms with Gasteiger partial charge in [-0.3, -0.25) is 4.98 Å². The predicted octanol–water partition coefficient (Wildman–Crippen LogP) is 8.63. The van der Waals surface area contributed by atoms with Crippen LogP contribution in [0.5, 0.6) is 0 Å². The second-order valence-corrected chi connectivity index (χ2v) is 9.36. The second-order valence-electron chi connectivity index (χ2n) is 9.36. The van der Waals surface area contributed by atoms with Gasteiger partial charge in [-0.25, -0.2) is 0 Å². The van der Waals surface area contributed by atoms with Crippen molar-refractivity contribution in [3.8, 4) is 16.8 Å². The van der Waals surface area contributed by atoms with Crippen molar-refractivity contribution in [1.29, 1.82) is 0 Å². The lowest BCUT2D eigenvalue weighted by molar-refractivity contribution is 1.14. The summed E-state index contributed by atoms with van der Waals surface area (Å²) in [5.41, 5.74) is 8.28. The maximum Gasteiger partial charge on any atom is 0.0645 e. The van der Waals surface area contributed by atoms with Crippen molar-refractivity contribution in [1.82, 2.24) is 14.5 Å². The summed E-state index contributed by atoms with van der Waals surface area (Å²) in [4.78, 5) is 7.94. The Kier molecular flexibility index (Phi) is 3.94. The van der Waals surface area contributed by atoms with E-state index in [1.807, 2.05) is 18.5 Å². The van der Waals surface area contributed by atoms with E-state index in [0.29, 0.717) is 0 Å². The Morgan fingerprint density at radius 2 is 1.39 bits per heavy atom. The number of pyridine rings is 1. The van der Waals surface area contributed by atoms with Gasteiger partial charge < -0.3 is 9.55 Å². The van der Waals surface area contributed by atoms with Crippen LogP contribution in [0.4, 0.5) is 0 Å². The van der Waals surface area contributed by atoms with E-state index >= 15 is 0 Å². The molecular formula is C33H21N3. The molecule has 0 saturated heterocycles. The lowest BCUT2D eigenvalue weighted by Crippen LogP contribution is -1.94. The van der Waals surface area contributed by atoms with Crippen LogP contribution in [0, 0.1) is 0 Å². The topological polar surface area (TPSA) is 33.6 Å². The van der Waals surface area contributed by atoms with Gasteiger partial charge in [-0.05, 0) is 64.4 Å². The number of para-hydroxylation sites is 2. The Morgan fingerprint density at radius 1 is 0.556 bits per heavy atom. The molecule has 1 N–H and O–H groups in total. The van der Waals surface area contributed by atoms with Crippen LogP contribution in [0.25, 0.3) is 71.2 Å². The standard InChI is InChI=1S/C33H21N3/c1-3-12-29-25(8-1)28-19-21(14-16-30(28)35-29)23-10-5-11-26-24(23)15-17-32-33(26)27-9-2-4-13-31(27)36(32)22-7-6-18-34-20-22/h1-20,35H. The normalized spacial score (nSPS) is 11.9. The van der Waals surface area contributed by atoms with Gasteiger partial charge in [0.15, 0.2) is 0 Å². The van der Waals surface area contributed by atoms with Crippen molar-refractivity contribution in [3.63, 3.8) is 0 Å². The number of nitrogens with one attached hydrogen (secondary N) is 1. The Hall–Kier alpha value is -4.89. The van der Waals surface area contributed by atoms with E-state index in [4.69, 9.17) is 0 Å². The molecule has 3 heteroatoms. The maximum absolute atomic E-state index is 4.39. The number of benzene rings is 5. The molecule has 0 aliphatic carbocycles. The number of aromatic amines is 1. The van der Waals surface area contributed by atoms with Crippen molar-refractivity contribution in [2.45, 2.75) is 0 Å². The molecule has 5 aromatic carbocycles. The first-order chi connectivity index (χ1) is 17.9. The van der Waals surface area contributed by atoms with Gasteiger partial charge >= 0.3 is 0 Å². The predicted molar refractivity (Wildman–Crippen MR) is 151 cm³/mol. The van der Waals surface area contributed by atoms with Crippen LogP contribution in [0.1, 0.15) is 0 Å². The molecule has 3 nitrogen and oxygen atoms in total. The summed E-state index contributed by atoms with van der Waals surface area (Å²) in [5.74, 6) is 0. The number of rotatable bonds is 2. The highest BCUT2D eigenvalue weighted by molar-refractivity contribution is 6.23. The minimum absolute atomic E-state index is 1.07. The van der Waals surface area contributed by atoms with Crippen LogP contribution in [-0.4, -0.2) is 14.5 Å². The molecule has 0 aliphatic heterocycles. The van der Waals surface area contributed by atoms with Crippen molar-refractivity contribution in [2.24, 2.45) is 0 Å². The van der Waals surface area contributed by atoms with Crippen molar-refractivity contribution < 1.29 is 0 Å². The Morgan fingerprint density at radius 3 is 2.31 bits per heavy atom. The highest BCUT2D eigenvalue weighted by Crippen LogP contribution is 2.40. The molecule has 0 spiro atoms. The fourth-order valence-electron chi connectivity index (χ4n) is 5.86. The molecule has 0 amide bonds. The van der Waals surface area contributed by atoms with E-state index in [0.717, 1.165) is 5.69 Å². The third kappa shape index (κ3) is 2.65. The van der Waals surface area contributed by atoms with E-state index in [2.05, 4.69) is 118 Å². The van der Waals surface area contributed by atoms with E-state index < -0.39 is 0 Å². The van der Waals surface area contributed by atoms with Crippen molar-refractivity contribution in [3.05, 3.63) is 122 Å². The van der Waals surface area contributed by atoms with Crippen LogP contribution >= 0.6 is 0 Å². The molecule has 8 rings (SSSR count). The Labute approximate surface area is 207 Å². The van der Waals surface area contributed by atoms with Crippen LogP contribution in [0.3, 0.4) is 0 Å². The van der Waals surface area contributed by atoms with Crippen LogP contribution in [0.15, 0.2) is 122 Å². The van der Waals surface area contributed by atoms with Gasteiger partial charge in [0, 0.05) is 38.8 Å². The quantitative estimate of drug-likeness (QED) is 0.276. The number of hydrogen-bond donors (Lipinski definition) is 1. The van der Waals surface area contributed by atoms with Gasteiger partial charge in [-0.2, -0.15) is 0 Å². The monoisotopic (exact) mass is 459 g/mol. The van der Waals surface area contributed by atoms with E-state index in [-0.39, 0.29) is 0 Å². The molecule has 8 aromatic rings. The zero-order valence-electron chi connectivity index (χ0n) is 19.4. The lowest BCUT2D eigenvalue weighted by atomic mass is 9.94.